The van der Waals surface area contributed by atoms with Crippen LogP contribution in [0.1, 0.15) is 34.6 Å². The van der Waals surface area contributed by atoms with Crippen molar-refractivity contribution < 1.29 is 13.8 Å². The maximum atomic E-state index is 13.8. The monoisotopic (exact) mass is 332 g/mol. The molecule has 1 aromatic heterocycles. The molecule has 1 fully saturated rings. The molecule has 24 heavy (non-hydrogen) atoms. The van der Waals surface area contributed by atoms with Gasteiger partial charge in [0.1, 0.15) is 11.5 Å². The highest BCUT2D eigenvalue weighted by Gasteiger charge is 2.29. The predicted molar refractivity (Wildman–Crippen MR) is 85.8 cm³/mol. The second-order valence-electron chi connectivity index (χ2n) is 6.24. The lowest BCUT2D eigenvalue weighted by atomic mass is 10.0. The molecular formula is C17H21FN4O2. The molecule has 1 aliphatic rings. The summed E-state index contributed by atoms with van der Waals surface area (Å²) in [5.41, 5.74) is 1.43. The molecule has 0 saturated carbocycles. The van der Waals surface area contributed by atoms with Crippen LogP contribution in [0.5, 0.6) is 0 Å². The van der Waals surface area contributed by atoms with Crippen LogP contribution in [0, 0.1) is 12.7 Å². The summed E-state index contributed by atoms with van der Waals surface area (Å²) in [4.78, 5) is 16.4. The van der Waals surface area contributed by atoms with E-state index in [2.05, 4.69) is 19.8 Å². The molecule has 1 saturated heterocycles. The number of likely N-dealkylation sites (N-methyl/N-ethyl adjacent to an activating group) is 1. The molecule has 6 nitrogen and oxygen atoms in total. The number of carbonyl (C=O) groups is 1. The maximum Gasteiger partial charge on any atom is 0.278 e. The highest BCUT2D eigenvalue weighted by molar-refractivity contribution is 5.93. The number of aryl methyl sites for hydroxylation is 1. The van der Waals surface area contributed by atoms with Gasteiger partial charge in [0.25, 0.3) is 5.91 Å². The van der Waals surface area contributed by atoms with Crippen molar-refractivity contribution in [1.82, 2.24) is 20.1 Å². The number of halogens is 1. The quantitative estimate of drug-likeness (QED) is 0.859. The molecule has 0 radical (unpaired) electrons. The van der Waals surface area contributed by atoms with Crippen molar-refractivity contribution in [3.8, 4) is 0 Å². The number of benzene rings is 1. The fourth-order valence-corrected chi connectivity index (χ4v) is 3.12. The van der Waals surface area contributed by atoms with E-state index in [0.29, 0.717) is 24.3 Å². The molecule has 2 aromatic rings. The Morgan fingerprint density at radius 2 is 2.21 bits per heavy atom. The summed E-state index contributed by atoms with van der Waals surface area (Å²) in [6, 6.07) is 6.88. The molecule has 1 aromatic carbocycles. The van der Waals surface area contributed by atoms with Gasteiger partial charge in [-0.3, -0.25) is 9.69 Å². The molecule has 128 valence electrons. The van der Waals surface area contributed by atoms with Crippen LogP contribution < -0.4 is 0 Å². The third kappa shape index (κ3) is 3.46. The summed E-state index contributed by atoms with van der Waals surface area (Å²) in [7, 11) is 1.77. The summed E-state index contributed by atoms with van der Waals surface area (Å²) < 4.78 is 18.5. The summed E-state index contributed by atoms with van der Waals surface area (Å²) in [6.07, 6.45) is 1.88. The van der Waals surface area contributed by atoms with Crippen molar-refractivity contribution in [3.63, 3.8) is 0 Å². The van der Waals surface area contributed by atoms with Crippen molar-refractivity contribution in [2.75, 3.05) is 20.1 Å². The third-order valence-electron chi connectivity index (χ3n) is 4.56. The summed E-state index contributed by atoms with van der Waals surface area (Å²) >= 11 is 0. The standard InChI is InChI=1S/C17H21FN4O2/c1-12-16(20-24-19-12)17(23)21(2)14-7-5-9-22(11-14)10-13-6-3-4-8-15(13)18/h3-4,6,8,14H,5,7,9-11H2,1-2H3/t14-/m0/s1. The minimum Gasteiger partial charge on any atom is -0.336 e. The number of piperidine rings is 1. The van der Waals surface area contributed by atoms with E-state index in [1.165, 1.54) is 6.07 Å². The number of nitrogens with zero attached hydrogens (tertiary/aromatic N) is 4. The molecule has 0 unspecified atom stereocenters. The van der Waals surface area contributed by atoms with Gasteiger partial charge < -0.3 is 4.90 Å². The number of hydrogen-bond acceptors (Lipinski definition) is 5. The Labute approximate surface area is 140 Å². The number of rotatable bonds is 4. The van der Waals surface area contributed by atoms with Gasteiger partial charge in [-0.15, -0.1) is 0 Å². The van der Waals surface area contributed by atoms with Gasteiger partial charge in [-0.25, -0.2) is 9.02 Å². The molecule has 3 rings (SSSR count). The fourth-order valence-electron chi connectivity index (χ4n) is 3.12. The van der Waals surface area contributed by atoms with Gasteiger partial charge in [0.15, 0.2) is 5.69 Å². The first-order chi connectivity index (χ1) is 11.6. The van der Waals surface area contributed by atoms with Crippen LogP contribution in [0.25, 0.3) is 0 Å². The van der Waals surface area contributed by atoms with E-state index >= 15 is 0 Å². The second-order valence-corrected chi connectivity index (χ2v) is 6.24. The topological polar surface area (TPSA) is 62.5 Å². The number of hydrogen-bond donors (Lipinski definition) is 0. The third-order valence-corrected chi connectivity index (χ3v) is 4.56. The number of aromatic nitrogens is 2. The molecule has 0 spiro atoms. The number of carbonyl (C=O) groups excluding carboxylic acids is 1. The first-order valence-electron chi connectivity index (χ1n) is 8.08. The first kappa shape index (κ1) is 16.6. The minimum atomic E-state index is -0.188. The lowest BCUT2D eigenvalue weighted by Crippen LogP contribution is -2.48. The van der Waals surface area contributed by atoms with Crippen LogP contribution in [-0.4, -0.2) is 52.2 Å². The zero-order chi connectivity index (χ0) is 17.1. The zero-order valence-corrected chi connectivity index (χ0v) is 13.9. The van der Waals surface area contributed by atoms with Gasteiger partial charge in [-0.2, -0.15) is 0 Å². The normalized spacial score (nSPS) is 18.5. The SMILES string of the molecule is Cc1nonc1C(=O)N(C)[C@H]1CCCN(Cc2ccccc2F)C1. The molecule has 1 aliphatic heterocycles. The highest BCUT2D eigenvalue weighted by Crippen LogP contribution is 2.20. The average Bonchev–Trinajstić information content (AvgIpc) is 3.02. The molecule has 2 heterocycles. The van der Waals surface area contributed by atoms with Crippen molar-refractivity contribution in [2.45, 2.75) is 32.4 Å². The van der Waals surface area contributed by atoms with Gasteiger partial charge in [-0.1, -0.05) is 23.4 Å². The van der Waals surface area contributed by atoms with Crippen LogP contribution >= 0.6 is 0 Å². The lowest BCUT2D eigenvalue weighted by molar-refractivity contribution is 0.0597. The number of likely N-dealkylation sites (tertiary alicyclic amines) is 1. The molecule has 7 heteroatoms. The van der Waals surface area contributed by atoms with Crippen molar-refractivity contribution in [2.24, 2.45) is 0 Å². The predicted octanol–water partition coefficient (Wildman–Crippen LogP) is 2.25. The summed E-state index contributed by atoms with van der Waals surface area (Å²) in [5, 5.41) is 7.35. The van der Waals surface area contributed by atoms with Gasteiger partial charge >= 0.3 is 0 Å². The molecule has 0 bridgehead atoms. The van der Waals surface area contributed by atoms with E-state index in [4.69, 9.17) is 0 Å². The van der Waals surface area contributed by atoms with Crippen molar-refractivity contribution in [1.29, 1.82) is 0 Å². The largest absolute Gasteiger partial charge is 0.336 e. The van der Waals surface area contributed by atoms with E-state index in [1.807, 2.05) is 6.07 Å². The number of amides is 1. The molecule has 0 aliphatic carbocycles. The summed E-state index contributed by atoms with van der Waals surface area (Å²) in [6.45, 7) is 3.86. The maximum absolute atomic E-state index is 13.8. The van der Waals surface area contributed by atoms with Crippen LogP contribution in [-0.2, 0) is 6.54 Å². The Kier molecular flexibility index (Phi) is 4.89. The van der Waals surface area contributed by atoms with Gasteiger partial charge in [-0.05, 0) is 37.5 Å². The van der Waals surface area contributed by atoms with Crippen LogP contribution in [0.2, 0.25) is 0 Å². The van der Waals surface area contributed by atoms with Gasteiger partial charge in [0.05, 0.1) is 0 Å². The molecule has 1 amide bonds. The van der Waals surface area contributed by atoms with Gasteiger partial charge in [0, 0.05) is 31.7 Å². The van der Waals surface area contributed by atoms with E-state index in [9.17, 15) is 9.18 Å². The van der Waals surface area contributed by atoms with Crippen LogP contribution in [0.4, 0.5) is 4.39 Å². The molecule has 1 atom stereocenters. The highest BCUT2D eigenvalue weighted by atomic mass is 19.1. The van der Waals surface area contributed by atoms with Crippen molar-refractivity contribution >= 4 is 5.91 Å². The molecule has 0 N–H and O–H groups in total. The average molecular weight is 332 g/mol. The Hall–Kier alpha value is -2.28. The molecular weight excluding hydrogens is 311 g/mol. The van der Waals surface area contributed by atoms with E-state index in [1.54, 1.807) is 31.0 Å². The lowest BCUT2D eigenvalue weighted by Gasteiger charge is -2.37. The smallest absolute Gasteiger partial charge is 0.278 e. The second kappa shape index (κ2) is 7.09. The summed E-state index contributed by atoms with van der Waals surface area (Å²) in [5.74, 6) is -0.375. The van der Waals surface area contributed by atoms with Crippen LogP contribution in [0.15, 0.2) is 28.9 Å². The van der Waals surface area contributed by atoms with E-state index in [0.717, 1.165) is 19.4 Å². The van der Waals surface area contributed by atoms with E-state index < -0.39 is 0 Å². The first-order valence-corrected chi connectivity index (χ1v) is 8.08. The Morgan fingerprint density at radius 1 is 1.42 bits per heavy atom. The Morgan fingerprint density at radius 3 is 2.92 bits per heavy atom. The minimum absolute atomic E-state index is 0.0640. The Bertz CT molecular complexity index is 718. The van der Waals surface area contributed by atoms with Crippen molar-refractivity contribution in [3.05, 3.63) is 47.0 Å². The van der Waals surface area contributed by atoms with Gasteiger partial charge in [0.2, 0.25) is 0 Å². The fraction of sp³-hybridized carbons (Fsp3) is 0.471. The Balaban J connectivity index is 1.66. The van der Waals surface area contributed by atoms with E-state index in [-0.39, 0.29) is 23.5 Å². The van der Waals surface area contributed by atoms with Crippen LogP contribution in [0.3, 0.4) is 0 Å². The zero-order valence-electron chi connectivity index (χ0n) is 13.9.